The average molecular weight is 505 g/mol. The van der Waals surface area contributed by atoms with Crippen molar-refractivity contribution in [1.29, 1.82) is 0 Å². The minimum Gasteiger partial charge on any atom is -0.395 e. The molecule has 190 valence electrons. The minimum atomic E-state index is -4.27. The molecule has 0 saturated heterocycles. The van der Waals surface area contributed by atoms with Gasteiger partial charge in [-0.3, -0.25) is 19.4 Å². The number of benzene rings is 1. The number of nitrogens with zero attached hydrogens (tertiary/aromatic N) is 2. The molecule has 3 N–H and O–H groups in total. The summed E-state index contributed by atoms with van der Waals surface area (Å²) < 4.78 is 27.6. The van der Waals surface area contributed by atoms with Crippen molar-refractivity contribution in [1.82, 2.24) is 19.9 Å². The maximum atomic E-state index is 13.0. The van der Waals surface area contributed by atoms with Crippen molar-refractivity contribution in [3.05, 3.63) is 59.4 Å². The zero-order valence-electron chi connectivity index (χ0n) is 20.0. The first kappa shape index (κ1) is 27.9. The highest BCUT2D eigenvalue weighted by Crippen LogP contribution is 2.15. The van der Waals surface area contributed by atoms with E-state index in [1.165, 1.54) is 30.3 Å². The fourth-order valence-electron chi connectivity index (χ4n) is 3.15. The highest BCUT2D eigenvalue weighted by Gasteiger charge is 2.22. The molecule has 11 heteroatoms. The molecule has 0 spiro atoms. The van der Waals surface area contributed by atoms with Crippen LogP contribution in [0.1, 0.15) is 70.7 Å². The van der Waals surface area contributed by atoms with E-state index < -0.39 is 21.8 Å². The second-order valence-electron chi connectivity index (χ2n) is 7.87. The number of unbranched alkanes of at least 4 members (excludes halogenated alkanes) is 2. The molecule has 2 rings (SSSR count). The van der Waals surface area contributed by atoms with Gasteiger partial charge in [0.15, 0.2) is 0 Å². The highest BCUT2D eigenvalue weighted by atomic mass is 32.2. The SMILES string of the molecule is CCCCN(CCCC)C(=O)c1cccc(S(=O)(=O)NC(=O)c2ccc(C(=O)NCCO)nc2)c1. The van der Waals surface area contributed by atoms with E-state index in [1.54, 1.807) is 11.0 Å². The van der Waals surface area contributed by atoms with Crippen molar-refractivity contribution in [2.45, 2.75) is 44.4 Å². The highest BCUT2D eigenvalue weighted by molar-refractivity contribution is 7.90. The van der Waals surface area contributed by atoms with Gasteiger partial charge in [-0.1, -0.05) is 32.8 Å². The number of hydrogen-bond acceptors (Lipinski definition) is 7. The van der Waals surface area contributed by atoms with E-state index in [9.17, 15) is 22.8 Å². The van der Waals surface area contributed by atoms with Gasteiger partial charge in [0.05, 0.1) is 17.1 Å². The summed E-state index contributed by atoms with van der Waals surface area (Å²) in [5.74, 6) is -1.72. The Hall–Kier alpha value is -3.31. The van der Waals surface area contributed by atoms with Gasteiger partial charge in [0.2, 0.25) is 0 Å². The molecule has 1 heterocycles. The number of pyridine rings is 1. The summed E-state index contributed by atoms with van der Waals surface area (Å²) in [7, 11) is -4.27. The van der Waals surface area contributed by atoms with Crippen LogP contribution in [-0.4, -0.2) is 67.4 Å². The van der Waals surface area contributed by atoms with Crippen molar-refractivity contribution in [2.75, 3.05) is 26.2 Å². The average Bonchev–Trinajstić information content (AvgIpc) is 2.87. The summed E-state index contributed by atoms with van der Waals surface area (Å²) in [6, 6.07) is 8.13. The molecule has 35 heavy (non-hydrogen) atoms. The van der Waals surface area contributed by atoms with Gasteiger partial charge in [0, 0.05) is 31.4 Å². The molecule has 0 radical (unpaired) electrons. The first-order valence-electron chi connectivity index (χ1n) is 11.5. The maximum Gasteiger partial charge on any atom is 0.269 e. The fraction of sp³-hybridized carbons (Fsp3) is 0.417. The molecule has 0 bridgehead atoms. The van der Waals surface area contributed by atoms with Crippen LogP contribution in [0.25, 0.3) is 0 Å². The van der Waals surface area contributed by atoms with Crippen LogP contribution >= 0.6 is 0 Å². The maximum absolute atomic E-state index is 13.0. The van der Waals surface area contributed by atoms with Crippen LogP contribution < -0.4 is 10.0 Å². The summed E-state index contributed by atoms with van der Waals surface area (Å²) in [6.45, 7) is 5.07. The van der Waals surface area contributed by atoms with E-state index >= 15 is 0 Å². The lowest BCUT2D eigenvalue weighted by Gasteiger charge is -2.22. The topological polar surface area (TPSA) is 146 Å². The van der Waals surface area contributed by atoms with Gasteiger partial charge in [0.25, 0.3) is 27.7 Å². The number of aromatic nitrogens is 1. The number of carbonyl (C=O) groups excluding carboxylic acids is 3. The molecular weight excluding hydrogens is 472 g/mol. The third kappa shape index (κ3) is 8.15. The molecule has 0 aliphatic carbocycles. The Balaban J connectivity index is 2.16. The first-order chi connectivity index (χ1) is 16.7. The van der Waals surface area contributed by atoms with Crippen molar-refractivity contribution >= 4 is 27.7 Å². The molecular formula is C24H32N4O6S. The van der Waals surface area contributed by atoms with Crippen molar-refractivity contribution < 1.29 is 27.9 Å². The molecule has 0 fully saturated rings. The van der Waals surface area contributed by atoms with Gasteiger partial charge in [-0.25, -0.2) is 13.1 Å². The summed E-state index contributed by atoms with van der Waals surface area (Å²) in [5, 5.41) is 11.2. The van der Waals surface area contributed by atoms with Crippen LogP contribution in [0.2, 0.25) is 0 Å². The third-order valence-corrected chi connectivity index (χ3v) is 6.45. The van der Waals surface area contributed by atoms with E-state index in [-0.39, 0.29) is 40.8 Å². The predicted molar refractivity (Wildman–Crippen MR) is 130 cm³/mol. The van der Waals surface area contributed by atoms with E-state index in [1.807, 2.05) is 18.6 Å². The van der Waals surface area contributed by atoms with Crippen molar-refractivity contribution in [3.63, 3.8) is 0 Å². The number of carbonyl (C=O) groups is 3. The molecule has 10 nitrogen and oxygen atoms in total. The van der Waals surface area contributed by atoms with Gasteiger partial charge in [-0.2, -0.15) is 0 Å². The smallest absolute Gasteiger partial charge is 0.269 e. The predicted octanol–water partition coefficient (Wildman–Crippen LogP) is 1.96. The number of nitrogens with one attached hydrogen (secondary N) is 2. The van der Waals surface area contributed by atoms with Crippen LogP contribution in [0.5, 0.6) is 0 Å². The van der Waals surface area contributed by atoms with E-state index in [4.69, 9.17) is 5.11 Å². The zero-order chi connectivity index (χ0) is 25.8. The molecule has 0 saturated carbocycles. The zero-order valence-corrected chi connectivity index (χ0v) is 20.8. The molecule has 1 aromatic heterocycles. The molecule has 0 aliphatic heterocycles. The summed E-state index contributed by atoms with van der Waals surface area (Å²) in [6.07, 6.45) is 4.63. The Bertz CT molecular complexity index is 1110. The lowest BCUT2D eigenvalue weighted by atomic mass is 10.1. The van der Waals surface area contributed by atoms with E-state index in [0.29, 0.717) is 13.1 Å². The van der Waals surface area contributed by atoms with Gasteiger partial charge in [0.1, 0.15) is 5.69 Å². The summed E-state index contributed by atoms with van der Waals surface area (Å²) >= 11 is 0. The molecule has 0 aliphatic rings. The van der Waals surface area contributed by atoms with Crippen LogP contribution in [0.4, 0.5) is 0 Å². The summed E-state index contributed by atoms with van der Waals surface area (Å²) in [5.41, 5.74) is 0.178. The Morgan fingerprint density at radius 3 is 2.23 bits per heavy atom. The van der Waals surface area contributed by atoms with Gasteiger partial charge in [-0.05, 0) is 43.2 Å². The van der Waals surface area contributed by atoms with E-state index in [0.717, 1.165) is 31.9 Å². The van der Waals surface area contributed by atoms with Crippen molar-refractivity contribution in [2.24, 2.45) is 0 Å². The van der Waals surface area contributed by atoms with Gasteiger partial charge >= 0.3 is 0 Å². The van der Waals surface area contributed by atoms with E-state index in [2.05, 4.69) is 10.3 Å². The number of aliphatic hydroxyl groups is 1. The lowest BCUT2D eigenvalue weighted by Crippen LogP contribution is -2.33. The number of amides is 3. The third-order valence-electron chi connectivity index (χ3n) is 5.12. The molecule has 0 atom stereocenters. The Labute approximate surface area is 205 Å². The fourth-order valence-corrected chi connectivity index (χ4v) is 4.17. The Morgan fingerprint density at radius 1 is 0.971 bits per heavy atom. The number of sulfonamides is 1. The largest absolute Gasteiger partial charge is 0.395 e. The van der Waals surface area contributed by atoms with Gasteiger partial charge < -0.3 is 15.3 Å². The Kier molecular flexibility index (Phi) is 10.8. The minimum absolute atomic E-state index is 0.0137. The van der Waals surface area contributed by atoms with Crippen LogP contribution in [-0.2, 0) is 10.0 Å². The van der Waals surface area contributed by atoms with Gasteiger partial charge in [-0.15, -0.1) is 0 Å². The molecule has 1 aromatic carbocycles. The molecule has 3 amide bonds. The molecule has 0 unspecified atom stereocenters. The first-order valence-corrected chi connectivity index (χ1v) is 13.0. The quantitative estimate of drug-likeness (QED) is 0.378. The second-order valence-corrected chi connectivity index (χ2v) is 9.56. The van der Waals surface area contributed by atoms with Crippen LogP contribution in [0.15, 0.2) is 47.5 Å². The molecule has 2 aromatic rings. The second kappa shape index (κ2) is 13.5. The number of hydrogen-bond donors (Lipinski definition) is 3. The normalized spacial score (nSPS) is 11.1. The van der Waals surface area contributed by atoms with Crippen molar-refractivity contribution in [3.8, 4) is 0 Å². The lowest BCUT2D eigenvalue weighted by molar-refractivity contribution is 0.0750. The van der Waals surface area contributed by atoms with Crippen LogP contribution in [0.3, 0.4) is 0 Å². The van der Waals surface area contributed by atoms with Crippen LogP contribution in [0, 0.1) is 0 Å². The number of aliphatic hydroxyl groups excluding tert-OH is 1. The standard InChI is InChI=1S/C24H32N4O6S/c1-3-5-13-28(14-6-4-2)24(32)18-8-7-9-20(16-18)35(33,34)27-22(30)19-10-11-21(26-17-19)23(31)25-12-15-29/h7-11,16-17,29H,3-6,12-15H2,1-2H3,(H,25,31)(H,27,30). The Morgan fingerprint density at radius 2 is 1.66 bits per heavy atom. The monoisotopic (exact) mass is 504 g/mol. The summed E-state index contributed by atoms with van der Waals surface area (Å²) in [4.78, 5) is 42.7. The number of rotatable bonds is 13.